The average Bonchev–Trinajstić information content (AvgIpc) is 3.34. The summed E-state index contributed by atoms with van der Waals surface area (Å²) in [6.07, 6.45) is 4.58. The van der Waals surface area contributed by atoms with E-state index in [9.17, 15) is 4.79 Å². The summed E-state index contributed by atoms with van der Waals surface area (Å²) in [5.74, 6) is 0.926. The van der Waals surface area contributed by atoms with Gasteiger partial charge in [-0.05, 0) is 30.9 Å². The highest BCUT2D eigenvalue weighted by atomic mass is 16.5. The topological polar surface area (TPSA) is 73.1 Å². The van der Waals surface area contributed by atoms with Gasteiger partial charge in [0.1, 0.15) is 5.69 Å². The monoisotopic (exact) mass is 341 g/mol. The van der Waals surface area contributed by atoms with Crippen molar-refractivity contribution in [3.05, 3.63) is 41.5 Å². The molecular weight excluding hydrogens is 318 g/mol. The summed E-state index contributed by atoms with van der Waals surface area (Å²) in [6, 6.07) is 5.64. The van der Waals surface area contributed by atoms with Crippen molar-refractivity contribution in [2.75, 3.05) is 20.3 Å². The Morgan fingerprint density at radius 2 is 2.24 bits per heavy atom. The Balaban J connectivity index is 1.52. The van der Waals surface area contributed by atoms with E-state index in [4.69, 9.17) is 4.74 Å². The third kappa shape index (κ3) is 3.56. The molecule has 132 valence electrons. The molecule has 1 saturated carbocycles. The Bertz CT molecular complexity index is 741. The highest BCUT2D eigenvalue weighted by Gasteiger charge is 2.34. The standard InChI is InChI=1S/C18H23N5O2/c1-25-12-14-10-22(17(24)8-15-4-2-3-7-19-15)11-16-18(14)23(21-20-16)9-13-5-6-13/h2-4,7,13-14H,5-6,8-12H2,1H3/t14-/m1/s1. The molecule has 1 atom stereocenters. The van der Waals surface area contributed by atoms with Gasteiger partial charge in [0.2, 0.25) is 5.91 Å². The third-order valence-electron chi connectivity index (χ3n) is 4.92. The Hall–Kier alpha value is -2.28. The third-order valence-corrected chi connectivity index (χ3v) is 4.92. The van der Waals surface area contributed by atoms with Crippen LogP contribution in [-0.4, -0.2) is 51.0 Å². The summed E-state index contributed by atoms with van der Waals surface area (Å²) >= 11 is 0. The van der Waals surface area contributed by atoms with E-state index in [-0.39, 0.29) is 11.8 Å². The van der Waals surface area contributed by atoms with E-state index in [1.807, 2.05) is 27.8 Å². The molecule has 0 aromatic carbocycles. The minimum atomic E-state index is 0.0715. The molecule has 2 aliphatic rings. The van der Waals surface area contributed by atoms with E-state index in [1.54, 1.807) is 13.3 Å². The van der Waals surface area contributed by atoms with Crippen LogP contribution in [0.4, 0.5) is 0 Å². The van der Waals surface area contributed by atoms with Crippen molar-refractivity contribution in [3.63, 3.8) is 0 Å². The normalized spacial score (nSPS) is 19.7. The highest BCUT2D eigenvalue weighted by molar-refractivity contribution is 5.78. The fraction of sp³-hybridized carbons (Fsp3) is 0.556. The summed E-state index contributed by atoms with van der Waals surface area (Å²) in [5.41, 5.74) is 2.85. The van der Waals surface area contributed by atoms with Crippen molar-refractivity contribution in [1.29, 1.82) is 0 Å². The molecule has 0 N–H and O–H groups in total. The first-order chi connectivity index (χ1) is 12.2. The molecule has 0 radical (unpaired) electrons. The van der Waals surface area contributed by atoms with Gasteiger partial charge >= 0.3 is 0 Å². The summed E-state index contributed by atoms with van der Waals surface area (Å²) in [4.78, 5) is 18.8. The molecule has 0 bridgehead atoms. The molecule has 3 heterocycles. The van der Waals surface area contributed by atoms with Crippen LogP contribution in [0.25, 0.3) is 0 Å². The molecule has 0 saturated heterocycles. The van der Waals surface area contributed by atoms with Crippen LogP contribution in [0.15, 0.2) is 24.4 Å². The summed E-state index contributed by atoms with van der Waals surface area (Å²) in [6.45, 7) is 2.67. The number of pyridine rings is 1. The van der Waals surface area contributed by atoms with Gasteiger partial charge < -0.3 is 9.64 Å². The number of nitrogens with zero attached hydrogens (tertiary/aromatic N) is 5. The van der Waals surface area contributed by atoms with E-state index >= 15 is 0 Å². The van der Waals surface area contributed by atoms with E-state index in [0.29, 0.717) is 26.1 Å². The van der Waals surface area contributed by atoms with Gasteiger partial charge in [-0.3, -0.25) is 9.78 Å². The number of carbonyl (C=O) groups is 1. The lowest BCUT2D eigenvalue weighted by molar-refractivity contribution is -0.132. The maximum absolute atomic E-state index is 12.7. The van der Waals surface area contributed by atoms with Crippen LogP contribution in [0.2, 0.25) is 0 Å². The molecular formula is C18H23N5O2. The van der Waals surface area contributed by atoms with Crippen molar-refractivity contribution in [2.24, 2.45) is 5.92 Å². The summed E-state index contributed by atoms with van der Waals surface area (Å²) in [7, 11) is 1.70. The Morgan fingerprint density at radius 3 is 2.96 bits per heavy atom. The maximum atomic E-state index is 12.7. The van der Waals surface area contributed by atoms with Gasteiger partial charge in [0.05, 0.1) is 25.3 Å². The SMILES string of the molecule is COC[C@H]1CN(C(=O)Cc2ccccn2)Cc2nnn(CC3CC3)c21. The first-order valence-electron chi connectivity index (χ1n) is 8.83. The minimum absolute atomic E-state index is 0.0715. The van der Waals surface area contributed by atoms with Gasteiger partial charge in [-0.25, -0.2) is 4.68 Å². The van der Waals surface area contributed by atoms with Crippen molar-refractivity contribution >= 4 is 5.91 Å². The second-order valence-corrected chi connectivity index (χ2v) is 6.97. The van der Waals surface area contributed by atoms with Crippen LogP contribution in [0, 0.1) is 5.92 Å². The Morgan fingerprint density at radius 1 is 1.36 bits per heavy atom. The first kappa shape index (κ1) is 16.2. The quantitative estimate of drug-likeness (QED) is 0.794. The highest BCUT2D eigenvalue weighted by Crippen LogP contribution is 2.33. The van der Waals surface area contributed by atoms with Gasteiger partial charge in [-0.1, -0.05) is 11.3 Å². The van der Waals surface area contributed by atoms with E-state index < -0.39 is 0 Å². The van der Waals surface area contributed by atoms with Gasteiger partial charge in [0, 0.05) is 38.0 Å². The lowest BCUT2D eigenvalue weighted by Gasteiger charge is -2.32. The zero-order valence-corrected chi connectivity index (χ0v) is 14.5. The Labute approximate surface area is 147 Å². The lowest BCUT2D eigenvalue weighted by atomic mass is 9.98. The molecule has 1 amide bonds. The van der Waals surface area contributed by atoms with Crippen molar-refractivity contribution < 1.29 is 9.53 Å². The number of amides is 1. The number of ether oxygens (including phenoxy) is 1. The van der Waals surface area contributed by atoms with Crippen LogP contribution in [0.1, 0.15) is 35.8 Å². The molecule has 7 heteroatoms. The molecule has 1 aliphatic carbocycles. The Kier molecular flexibility index (Phi) is 4.48. The predicted octanol–water partition coefficient (Wildman–Crippen LogP) is 1.40. The largest absolute Gasteiger partial charge is 0.384 e. The maximum Gasteiger partial charge on any atom is 0.228 e. The molecule has 25 heavy (non-hydrogen) atoms. The smallest absolute Gasteiger partial charge is 0.228 e. The summed E-state index contributed by atoms with van der Waals surface area (Å²) in [5, 5.41) is 8.71. The zero-order valence-electron chi connectivity index (χ0n) is 14.5. The number of carbonyl (C=O) groups excluding carboxylic acids is 1. The molecule has 2 aromatic heterocycles. The number of aromatic nitrogens is 4. The number of hydrogen-bond acceptors (Lipinski definition) is 5. The lowest BCUT2D eigenvalue weighted by Crippen LogP contribution is -2.41. The van der Waals surface area contributed by atoms with Gasteiger partial charge in [-0.2, -0.15) is 0 Å². The van der Waals surface area contributed by atoms with Gasteiger partial charge in [-0.15, -0.1) is 5.10 Å². The van der Waals surface area contributed by atoms with E-state index in [0.717, 1.165) is 29.5 Å². The van der Waals surface area contributed by atoms with E-state index in [2.05, 4.69) is 15.3 Å². The van der Waals surface area contributed by atoms with Gasteiger partial charge in [0.25, 0.3) is 0 Å². The molecule has 1 fully saturated rings. The van der Waals surface area contributed by atoms with E-state index in [1.165, 1.54) is 12.8 Å². The first-order valence-corrected chi connectivity index (χ1v) is 8.83. The van der Waals surface area contributed by atoms with Crippen molar-refractivity contribution in [3.8, 4) is 0 Å². The number of fused-ring (bicyclic) bond motifs is 1. The van der Waals surface area contributed by atoms with Crippen LogP contribution in [-0.2, 0) is 29.0 Å². The molecule has 4 rings (SSSR count). The predicted molar refractivity (Wildman–Crippen MR) is 90.7 cm³/mol. The van der Waals surface area contributed by atoms with Crippen LogP contribution >= 0.6 is 0 Å². The van der Waals surface area contributed by atoms with Crippen molar-refractivity contribution in [2.45, 2.75) is 38.3 Å². The fourth-order valence-electron chi connectivity index (χ4n) is 3.49. The number of hydrogen-bond donors (Lipinski definition) is 0. The average molecular weight is 341 g/mol. The molecule has 0 unspecified atom stereocenters. The van der Waals surface area contributed by atoms with Crippen molar-refractivity contribution in [1.82, 2.24) is 24.9 Å². The number of rotatable bonds is 6. The number of methoxy groups -OCH3 is 1. The molecule has 7 nitrogen and oxygen atoms in total. The fourth-order valence-corrected chi connectivity index (χ4v) is 3.49. The second kappa shape index (κ2) is 6.92. The second-order valence-electron chi connectivity index (χ2n) is 6.97. The minimum Gasteiger partial charge on any atom is -0.384 e. The summed E-state index contributed by atoms with van der Waals surface area (Å²) < 4.78 is 7.45. The van der Waals surface area contributed by atoms with Crippen LogP contribution in [0.5, 0.6) is 0 Å². The molecule has 1 aliphatic heterocycles. The van der Waals surface area contributed by atoms with Crippen LogP contribution < -0.4 is 0 Å². The molecule has 2 aromatic rings. The van der Waals surface area contributed by atoms with Gasteiger partial charge in [0.15, 0.2) is 0 Å². The zero-order chi connectivity index (χ0) is 17.2. The molecule has 0 spiro atoms. The van der Waals surface area contributed by atoms with Crippen LogP contribution in [0.3, 0.4) is 0 Å².